The lowest BCUT2D eigenvalue weighted by atomic mass is 10.1. The van der Waals surface area contributed by atoms with Crippen LogP contribution in [-0.4, -0.2) is 44.8 Å². The predicted molar refractivity (Wildman–Crippen MR) is 82.2 cm³/mol. The molecule has 1 amide bonds. The van der Waals surface area contributed by atoms with E-state index in [0.717, 1.165) is 5.69 Å². The van der Waals surface area contributed by atoms with Crippen LogP contribution in [0.1, 0.15) is 28.7 Å². The molecular formula is C16H19N3O3. The Morgan fingerprint density at radius 3 is 2.36 bits per heavy atom. The minimum atomic E-state index is -1.04. The summed E-state index contributed by atoms with van der Waals surface area (Å²) in [5.74, 6) is -1.38. The van der Waals surface area contributed by atoms with E-state index in [2.05, 4.69) is 5.10 Å². The van der Waals surface area contributed by atoms with Crippen molar-refractivity contribution in [3.05, 3.63) is 47.3 Å². The molecule has 1 aromatic carbocycles. The summed E-state index contributed by atoms with van der Waals surface area (Å²) in [7, 11) is 1.49. The Kier molecular flexibility index (Phi) is 4.30. The van der Waals surface area contributed by atoms with Crippen molar-refractivity contribution in [3.63, 3.8) is 0 Å². The standard InChI is InChI=1S/C16H19N3O3/c1-10-14(15(20)18(4)12(3)16(21)22)11(2)19(17-10)13-8-6-5-7-9-13/h5-9,12H,1-4H3,(H,21,22). The lowest BCUT2D eigenvalue weighted by Gasteiger charge is -2.21. The van der Waals surface area contributed by atoms with Crippen LogP contribution in [0.5, 0.6) is 0 Å². The van der Waals surface area contributed by atoms with Crippen molar-refractivity contribution >= 4 is 11.9 Å². The number of rotatable bonds is 4. The molecule has 0 fully saturated rings. The van der Waals surface area contributed by atoms with E-state index < -0.39 is 12.0 Å². The number of carboxylic acid groups (broad SMARTS) is 1. The molecule has 0 saturated heterocycles. The predicted octanol–water partition coefficient (Wildman–Crippen LogP) is 2.03. The molecule has 1 N–H and O–H groups in total. The summed E-state index contributed by atoms with van der Waals surface area (Å²) in [4.78, 5) is 24.9. The second kappa shape index (κ2) is 6.01. The van der Waals surface area contributed by atoms with Crippen molar-refractivity contribution < 1.29 is 14.7 Å². The summed E-state index contributed by atoms with van der Waals surface area (Å²) >= 11 is 0. The maximum atomic E-state index is 12.6. The van der Waals surface area contributed by atoms with Gasteiger partial charge in [0.2, 0.25) is 0 Å². The van der Waals surface area contributed by atoms with Crippen molar-refractivity contribution in [1.82, 2.24) is 14.7 Å². The van der Waals surface area contributed by atoms with E-state index in [-0.39, 0.29) is 5.91 Å². The fourth-order valence-corrected chi connectivity index (χ4v) is 2.29. The van der Waals surface area contributed by atoms with Gasteiger partial charge in [0.05, 0.1) is 22.6 Å². The van der Waals surface area contributed by atoms with Gasteiger partial charge >= 0.3 is 5.97 Å². The van der Waals surface area contributed by atoms with Crippen molar-refractivity contribution in [3.8, 4) is 5.69 Å². The van der Waals surface area contributed by atoms with E-state index in [0.29, 0.717) is 17.0 Å². The Morgan fingerprint density at radius 1 is 1.23 bits per heavy atom. The molecule has 22 heavy (non-hydrogen) atoms. The number of aliphatic carboxylic acids is 1. The fraction of sp³-hybridized carbons (Fsp3) is 0.312. The van der Waals surface area contributed by atoms with E-state index in [1.807, 2.05) is 30.3 Å². The van der Waals surface area contributed by atoms with Crippen LogP contribution in [-0.2, 0) is 4.79 Å². The number of hydrogen-bond acceptors (Lipinski definition) is 3. The van der Waals surface area contributed by atoms with Gasteiger partial charge in [-0.2, -0.15) is 5.10 Å². The first-order valence-electron chi connectivity index (χ1n) is 6.96. The first kappa shape index (κ1) is 15.8. The number of hydrogen-bond donors (Lipinski definition) is 1. The van der Waals surface area contributed by atoms with E-state index in [1.165, 1.54) is 18.9 Å². The average Bonchev–Trinajstić information content (AvgIpc) is 2.80. The molecule has 0 aliphatic rings. The third kappa shape index (κ3) is 2.72. The fourth-order valence-electron chi connectivity index (χ4n) is 2.29. The quantitative estimate of drug-likeness (QED) is 0.937. The number of carbonyl (C=O) groups excluding carboxylic acids is 1. The van der Waals surface area contributed by atoms with Crippen molar-refractivity contribution in [2.45, 2.75) is 26.8 Å². The number of benzene rings is 1. The van der Waals surface area contributed by atoms with Gasteiger partial charge in [-0.05, 0) is 32.9 Å². The minimum absolute atomic E-state index is 0.341. The molecule has 6 nitrogen and oxygen atoms in total. The molecule has 0 aliphatic carbocycles. The number of amides is 1. The highest BCUT2D eigenvalue weighted by molar-refractivity contribution is 5.98. The normalized spacial score (nSPS) is 12.0. The van der Waals surface area contributed by atoms with Crippen LogP contribution >= 0.6 is 0 Å². The molecule has 6 heteroatoms. The topological polar surface area (TPSA) is 75.4 Å². The van der Waals surface area contributed by atoms with Crippen molar-refractivity contribution in [2.24, 2.45) is 0 Å². The van der Waals surface area contributed by atoms with Gasteiger partial charge in [0, 0.05) is 7.05 Å². The molecule has 0 bridgehead atoms. The average molecular weight is 301 g/mol. The number of aromatic nitrogens is 2. The summed E-state index contributed by atoms with van der Waals surface area (Å²) in [6, 6.07) is 8.60. The third-order valence-electron chi connectivity index (χ3n) is 3.76. The largest absolute Gasteiger partial charge is 0.480 e. The van der Waals surface area contributed by atoms with Crippen LogP contribution in [0.2, 0.25) is 0 Å². The van der Waals surface area contributed by atoms with Crippen LogP contribution in [0.15, 0.2) is 30.3 Å². The second-order valence-electron chi connectivity index (χ2n) is 5.22. The molecule has 116 valence electrons. The molecule has 2 rings (SSSR count). The lowest BCUT2D eigenvalue weighted by molar-refractivity contribution is -0.141. The van der Waals surface area contributed by atoms with Crippen molar-refractivity contribution in [2.75, 3.05) is 7.05 Å². The summed E-state index contributed by atoms with van der Waals surface area (Å²) in [5, 5.41) is 13.5. The highest BCUT2D eigenvalue weighted by Gasteiger charge is 2.27. The highest BCUT2D eigenvalue weighted by atomic mass is 16.4. The summed E-state index contributed by atoms with van der Waals surface area (Å²) in [6.07, 6.45) is 0. The monoisotopic (exact) mass is 301 g/mol. The second-order valence-corrected chi connectivity index (χ2v) is 5.22. The molecule has 1 unspecified atom stereocenters. The zero-order valence-electron chi connectivity index (χ0n) is 13.1. The minimum Gasteiger partial charge on any atom is -0.480 e. The Labute approximate surface area is 129 Å². The Hall–Kier alpha value is -2.63. The smallest absolute Gasteiger partial charge is 0.326 e. The zero-order valence-corrected chi connectivity index (χ0v) is 13.1. The van der Waals surface area contributed by atoms with Crippen LogP contribution in [0.3, 0.4) is 0 Å². The molecule has 1 heterocycles. The maximum Gasteiger partial charge on any atom is 0.326 e. The first-order valence-corrected chi connectivity index (χ1v) is 6.96. The summed E-state index contributed by atoms with van der Waals surface area (Å²) in [5.41, 5.74) is 2.57. The van der Waals surface area contributed by atoms with Gasteiger partial charge in [0.1, 0.15) is 6.04 Å². The van der Waals surface area contributed by atoms with E-state index in [4.69, 9.17) is 5.11 Å². The molecule has 1 aromatic heterocycles. The molecule has 0 radical (unpaired) electrons. The van der Waals surface area contributed by atoms with Gasteiger partial charge < -0.3 is 10.0 Å². The zero-order chi connectivity index (χ0) is 16.4. The number of carbonyl (C=O) groups is 2. The van der Waals surface area contributed by atoms with Gasteiger partial charge in [0.15, 0.2) is 0 Å². The number of likely N-dealkylation sites (N-methyl/N-ethyl adjacent to an activating group) is 1. The van der Waals surface area contributed by atoms with E-state index >= 15 is 0 Å². The Balaban J connectivity index is 2.43. The van der Waals surface area contributed by atoms with E-state index in [1.54, 1.807) is 18.5 Å². The van der Waals surface area contributed by atoms with Crippen molar-refractivity contribution in [1.29, 1.82) is 0 Å². The Morgan fingerprint density at radius 2 is 1.82 bits per heavy atom. The maximum absolute atomic E-state index is 12.6. The number of nitrogens with zero attached hydrogens (tertiary/aromatic N) is 3. The number of para-hydroxylation sites is 1. The van der Waals surface area contributed by atoms with Gasteiger partial charge in [0.25, 0.3) is 5.91 Å². The lowest BCUT2D eigenvalue weighted by Crippen LogP contribution is -2.40. The van der Waals surface area contributed by atoms with Crippen LogP contribution in [0, 0.1) is 13.8 Å². The number of aryl methyl sites for hydroxylation is 1. The third-order valence-corrected chi connectivity index (χ3v) is 3.76. The van der Waals surface area contributed by atoms with Crippen LogP contribution < -0.4 is 0 Å². The van der Waals surface area contributed by atoms with Gasteiger partial charge in [-0.1, -0.05) is 18.2 Å². The van der Waals surface area contributed by atoms with Crippen LogP contribution in [0.25, 0.3) is 5.69 Å². The van der Waals surface area contributed by atoms with Gasteiger partial charge in [-0.3, -0.25) is 4.79 Å². The van der Waals surface area contributed by atoms with Gasteiger partial charge in [-0.25, -0.2) is 9.48 Å². The van der Waals surface area contributed by atoms with Gasteiger partial charge in [-0.15, -0.1) is 0 Å². The molecule has 0 saturated carbocycles. The first-order chi connectivity index (χ1) is 10.3. The van der Waals surface area contributed by atoms with Crippen LogP contribution in [0.4, 0.5) is 0 Å². The SMILES string of the molecule is Cc1nn(-c2ccccc2)c(C)c1C(=O)N(C)C(C)C(=O)O. The summed E-state index contributed by atoms with van der Waals surface area (Å²) < 4.78 is 1.70. The molecule has 0 spiro atoms. The molecular weight excluding hydrogens is 282 g/mol. The molecule has 2 aromatic rings. The highest BCUT2D eigenvalue weighted by Crippen LogP contribution is 2.20. The molecule has 1 atom stereocenters. The summed E-state index contributed by atoms with van der Waals surface area (Å²) in [6.45, 7) is 5.03. The van der Waals surface area contributed by atoms with E-state index in [9.17, 15) is 9.59 Å². The molecule has 0 aliphatic heterocycles. The number of carboxylic acids is 1. The Bertz CT molecular complexity index is 707.